The Hall–Kier alpha value is -2.44. The van der Waals surface area contributed by atoms with Crippen LogP contribution in [0.15, 0.2) is 48.5 Å². The third-order valence-electron chi connectivity index (χ3n) is 2.69. The van der Waals surface area contributed by atoms with Crippen LogP contribution in [0, 0.1) is 0 Å². The molecule has 0 fully saturated rings. The van der Waals surface area contributed by atoms with Crippen molar-refractivity contribution in [2.24, 2.45) is 0 Å². The Balaban J connectivity index is 2.07. The maximum Gasteiger partial charge on any atom is 0.308 e. The minimum Gasteiger partial charge on any atom is -0.426 e. The fourth-order valence-corrected chi connectivity index (χ4v) is 2.20. The molecular formula is C16H13ClN2O3S. The van der Waals surface area contributed by atoms with Crippen LogP contribution >= 0.6 is 23.8 Å². The van der Waals surface area contributed by atoms with Crippen molar-refractivity contribution in [2.75, 3.05) is 5.32 Å². The Kier molecular flexibility index (Phi) is 5.67. The molecule has 0 heterocycles. The number of carbonyl (C=O) groups is 2. The number of nitrogens with one attached hydrogen (secondary N) is 2. The van der Waals surface area contributed by atoms with Gasteiger partial charge in [-0.1, -0.05) is 29.8 Å². The molecule has 23 heavy (non-hydrogen) atoms. The Morgan fingerprint density at radius 2 is 1.87 bits per heavy atom. The van der Waals surface area contributed by atoms with Crippen LogP contribution in [0.25, 0.3) is 0 Å². The maximum atomic E-state index is 12.3. The van der Waals surface area contributed by atoms with Crippen molar-refractivity contribution >= 4 is 46.5 Å². The summed E-state index contributed by atoms with van der Waals surface area (Å²) in [6.45, 7) is 1.26. The second-order valence-electron chi connectivity index (χ2n) is 4.51. The van der Waals surface area contributed by atoms with Crippen LogP contribution in [0.2, 0.25) is 5.02 Å². The molecule has 0 saturated carbocycles. The van der Waals surface area contributed by atoms with Crippen LogP contribution < -0.4 is 15.4 Å². The molecule has 5 nitrogen and oxygen atoms in total. The number of hydrogen-bond donors (Lipinski definition) is 2. The summed E-state index contributed by atoms with van der Waals surface area (Å²) in [5.74, 6) is -0.825. The minimum atomic E-state index is -0.509. The third-order valence-corrected chi connectivity index (χ3v) is 3.13. The first-order valence-electron chi connectivity index (χ1n) is 6.61. The van der Waals surface area contributed by atoms with Crippen LogP contribution in [-0.2, 0) is 4.79 Å². The summed E-state index contributed by atoms with van der Waals surface area (Å²) in [7, 11) is 0. The topological polar surface area (TPSA) is 67.4 Å². The van der Waals surface area contributed by atoms with Gasteiger partial charge in [0.15, 0.2) is 5.11 Å². The fourth-order valence-electron chi connectivity index (χ4n) is 1.80. The highest BCUT2D eigenvalue weighted by Crippen LogP contribution is 2.18. The average molecular weight is 349 g/mol. The number of rotatable bonds is 3. The first-order valence-corrected chi connectivity index (χ1v) is 7.39. The fraction of sp³-hybridized carbons (Fsp3) is 0.0625. The molecule has 0 aliphatic heterocycles. The van der Waals surface area contributed by atoms with E-state index in [-0.39, 0.29) is 16.4 Å². The smallest absolute Gasteiger partial charge is 0.308 e. The summed E-state index contributed by atoms with van der Waals surface area (Å²) >= 11 is 11.0. The van der Waals surface area contributed by atoms with Gasteiger partial charge in [0.2, 0.25) is 0 Å². The highest BCUT2D eigenvalue weighted by Gasteiger charge is 2.14. The quantitative estimate of drug-likeness (QED) is 0.505. The third kappa shape index (κ3) is 5.05. The van der Waals surface area contributed by atoms with Crippen molar-refractivity contribution < 1.29 is 14.3 Å². The summed E-state index contributed by atoms with van der Waals surface area (Å²) in [4.78, 5) is 23.3. The van der Waals surface area contributed by atoms with Crippen molar-refractivity contribution in [3.63, 3.8) is 0 Å². The Morgan fingerprint density at radius 3 is 2.57 bits per heavy atom. The molecule has 0 unspecified atom stereocenters. The van der Waals surface area contributed by atoms with Gasteiger partial charge < -0.3 is 10.1 Å². The lowest BCUT2D eigenvalue weighted by Gasteiger charge is -2.11. The zero-order valence-corrected chi connectivity index (χ0v) is 13.7. The molecule has 1 amide bonds. The van der Waals surface area contributed by atoms with Crippen LogP contribution in [0.4, 0.5) is 5.69 Å². The molecule has 0 spiro atoms. The number of ether oxygens (including phenoxy) is 1. The predicted octanol–water partition coefficient (Wildman–Crippen LogP) is 3.39. The number of anilines is 1. The number of esters is 1. The van der Waals surface area contributed by atoms with E-state index in [0.717, 1.165) is 0 Å². The van der Waals surface area contributed by atoms with E-state index < -0.39 is 11.9 Å². The zero-order valence-electron chi connectivity index (χ0n) is 12.1. The molecule has 0 aliphatic carbocycles. The normalized spacial score (nSPS) is 9.83. The van der Waals surface area contributed by atoms with E-state index >= 15 is 0 Å². The summed E-state index contributed by atoms with van der Waals surface area (Å²) in [5.41, 5.74) is 0.856. The molecule has 2 aromatic carbocycles. The number of para-hydroxylation sites is 1. The van der Waals surface area contributed by atoms with Crippen molar-refractivity contribution in [3.8, 4) is 5.75 Å². The van der Waals surface area contributed by atoms with Crippen LogP contribution in [0.1, 0.15) is 17.3 Å². The van der Waals surface area contributed by atoms with Crippen molar-refractivity contribution in [1.82, 2.24) is 5.32 Å². The molecule has 2 rings (SSSR count). The number of thiocarbonyl (C=S) groups is 1. The molecule has 7 heteroatoms. The van der Waals surface area contributed by atoms with Gasteiger partial charge >= 0.3 is 5.97 Å². The number of amides is 1. The molecule has 118 valence electrons. The second-order valence-corrected chi connectivity index (χ2v) is 5.35. The summed E-state index contributed by atoms with van der Waals surface area (Å²) in [6, 6.07) is 13.3. The second kappa shape index (κ2) is 7.71. The highest BCUT2D eigenvalue weighted by atomic mass is 35.5. The summed E-state index contributed by atoms with van der Waals surface area (Å²) < 4.78 is 5.00. The minimum absolute atomic E-state index is 0.106. The first kappa shape index (κ1) is 16.9. The first-order chi connectivity index (χ1) is 11.0. The largest absolute Gasteiger partial charge is 0.426 e. The lowest BCUT2D eigenvalue weighted by molar-refractivity contribution is -0.131. The monoisotopic (exact) mass is 348 g/mol. The van der Waals surface area contributed by atoms with Gasteiger partial charge in [-0.2, -0.15) is 0 Å². The Morgan fingerprint density at radius 1 is 1.13 bits per heavy atom. The van der Waals surface area contributed by atoms with E-state index in [9.17, 15) is 9.59 Å². The van der Waals surface area contributed by atoms with Gasteiger partial charge in [0.25, 0.3) is 5.91 Å². The van der Waals surface area contributed by atoms with Crippen molar-refractivity contribution in [1.29, 1.82) is 0 Å². The number of halogens is 1. The van der Waals surface area contributed by atoms with E-state index in [1.165, 1.54) is 19.1 Å². The molecular weight excluding hydrogens is 336 g/mol. The number of carbonyl (C=O) groups excluding carboxylic acids is 2. The van der Waals surface area contributed by atoms with Crippen molar-refractivity contribution in [3.05, 3.63) is 59.1 Å². The number of hydrogen-bond acceptors (Lipinski definition) is 4. The molecule has 2 N–H and O–H groups in total. The van der Waals surface area contributed by atoms with Crippen molar-refractivity contribution in [2.45, 2.75) is 6.92 Å². The van der Waals surface area contributed by atoms with Gasteiger partial charge in [-0.15, -0.1) is 0 Å². The number of benzene rings is 2. The molecule has 0 aliphatic rings. The van der Waals surface area contributed by atoms with E-state index in [1.54, 1.807) is 36.4 Å². The lowest BCUT2D eigenvalue weighted by Crippen LogP contribution is -2.34. The van der Waals surface area contributed by atoms with E-state index in [1.807, 2.05) is 0 Å². The molecule has 0 radical (unpaired) electrons. The Labute approximate surface area is 143 Å². The van der Waals surface area contributed by atoms with Gasteiger partial charge in [0, 0.05) is 17.6 Å². The van der Waals surface area contributed by atoms with E-state index in [0.29, 0.717) is 10.7 Å². The summed E-state index contributed by atoms with van der Waals surface area (Å²) in [6.07, 6.45) is 0. The Bertz CT molecular complexity index is 764. The average Bonchev–Trinajstić information content (AvgIpc) is 2.46. The highest BCUT2D eigenvalue weighted by molar-refractivity contribution is 7.80. The zero-order chi connectivity index (χ0) is 16.8. The van der Waals surface area contributed by atoms with Gasteiger partial charge in [0.05, 0.1) is 5.56 Å². The van der Waals surface area contributed by atoms with Crippen LogP contribution in [0.3, 0.4) is 0 Å². The van der Waals surface area contributed by atoms with Gasteiger partial charge in [-0.3, -0.25) is 14.9 Å². The lowest BCUT2D eigenvalue weighted by atomic mass is 10.2. The van der Waals surface area contributed by atoms with Gasteiger partial charge in [0.1, 0.15) is 5.75 Å². The van der Waals surface area contributed by atoms with Crippen LogP contribution in [0.5, 0.6) is 5.75 Å². The van der Waals surface area contributed by atoms with Gasteiger partial charge in [-0.25, -0.2) is 0 Å². The van der Waals surface area contributed by atoms with Crippen LogP contribution in [-0.4, -0.2) is 17.0 Å². The molecule has 2 aromatic rings. The van der Waals surface area contributed by atoms with E-state index in [4.69, 9.17) is 28.6 Å². The predicted molar refractivity (Wildman–Crippen MR) is 92.9 cm³/mol. The van der Waals surface area contributed by atoms with Gasteiger partial charge in [-0.05, 0) is 42.5 Å². The summed E-state index contributed by atoms with van der Waals surface area (Å²) in [5, 5.41) is 6.03. The van der Waals surface area contributed by atoms with E-state index in [2.05, 4.69) is 10.6 Å². The molecule has 0 aromatic heterocycles. The molecule has 0 bridgehead atoms. The SMILES string of the molecule is CC(=O)Oc1ccccc1C(=O)NC(=S)Nc1cccc(Cl)c1. The molecule has 0 atom stereocenters. The maximum absolute atomic E-state index is 12.3. The standard InChI is InChI=1S/C16H13ClN2O3S/c1-10(20)22-14-8-3-2-7-13(14)15(21)19-16(23)18-12-6-4-5-11(17)9-12/h2-9H,1H3,(H2,18,19,21,23). The molecule has 0 saturated heterocycles.